The van der Waals surface area contributed by atoms with Crippen LogP contribution in [0.2, 0.25) is 0 Å². The molecule has 0 saturated carbocycles. The maximum absolute atomic E-state index is 12.7. The molecule has 0 atom stereocenters. The third kappa shape index (κ3) is 4.34. The van der Waals surface area contributed by atoms with Gasteiger partial charge in [0.25, 0.3) is 5.69 Å². The third-order valence-electron chi connectivity index (χ3n) is 5.66. The Bertz CT molecular complexity index is 1180. The van der Waals surface area contributed by atoms with Crippen molar-refractivity contribution in [3.63, 3.8) is 0 Å². The van der Waals surface area contributed by atoms with Gasteiger partial charge in [-0.25, -0.2) is 0 Å². The van der Waals surface area contributed by atoms with Crippen molar-refractivity contribution in [1.29, 1.82) is 0 Å². The Morgan fingerprint density at radius 3 is 2.71 bits per heavy atom. The number of nitro groups is 1. The van der Waals surface area contributed by atoms with Crippen LogP contribution in [-0.2, 0) is 16.1 Å². The summed E-state index contributed by atoms with van der Waals surface area (Å²) in [4.78, 5) is 30.0. The predicted octanol–water partition coefficient (Wildman–Crippen LogP) is 3.78. The highest BCUT2D eigenvalue weighted by atomic mass is 16.6. The molecule has 1 aliphatic rings. The first-order valence-electron chi connectivity index (χ1n) is 10.2. The van der Waals surface area contributed by atoms with Crippen LogP contribution in [-0.4, -0.2) is 52.8 Å². The Kier molecular flexibility index (Phi) is 5.81. The summed E-state index contributed by atoms with van der Waals surface area (Å²) in [6.45, 7) is 6.17. The van der Waals surface area contributed by atoms with E-state index in [0.29, 0.717) is 37.6 Å². The average molecular weight is 420 g/mol. The number of benzene rings is 2. The molecule has 4 rings (SSSR count). The number of carbonyl (C=O) groups excluding carboxylic acids is 1. The van der Waals surface area contributed by atoms with E-state index in [0.717, 1.165) is 22.0 Å². The molecule has 8 nitrogen and oxygen atoms in total. The fourth-order valence-corrected chi connectivity index (χ4v) is 3.80. The van der Waals surface area contributed by atoms with Crippen LogP contribution in [0.1, 0.15) is 16.7 Å². The molecular weight excluding hydrogens is 396 g/mol. The molecule has 1 saturated heterocycles. The summed E-state index contributed by atoms with van der Waals surface area (Å²) in [5.41, 5.74) is 3.84. The summed E-state index contributed by atoms with van der Waals surface area (Å²) in [6.07, 6.45) is 3.61. The third-order valence-corrected chi connectivity index (χ3v) is 5.66. The lowest BCUT2D eigenvalue weighted by Gasteiger charge is -2.27. The molecule has 1 aliphatic heterocycles. The molecule has 0 unspecified atom stereocenters. The second kappa shape index (κ2) is 8.69. The minimum atomic E-state index is -0.384. The van der Waals surface area contributed by atoms with E-state index in [1.54, 1.807) is 13.1 Å². The van der Waals surface area contributed by atoms with Crippen molar-refractivity contribution in [3.8, 4) is 0 Å². The van der Waals surface area contributed by atoms with Crippen LogP contribution in [0.4, 0.5) is 11.4 Å². The quantitative estimate of drug-likeness (QED) is 0.357. The first-order chi connectivity index (χ1) is 14.9. The molecule has 0 bridgehead atoms. The molecule has 1 fully saturated rings. The molecule has 8 heteroatoms. The molecule has 1 amide bonds. The van der Waals surface area contributed by atoms with Gasteiger partial charge in [0.2, 0.25) is 5.91 Å². The van der Waals surface area contributed by atoms with E-state index in [-0.39, 0.29) is 23.1 Å². The molecule has 31 heavy (non-hydrogen) atoms. The van der Waals surface area contributed by atoms with Gasteiger partial charge in [-0.2, -0.15) is 0 Å². The van der Waals surface area contributed by atoms with Crippen molar-refractivity contribution in [2.75, 3.05) is 26.3 Å². The van der Waals surface area contributed by atoms with Crippen LogP contribution in [0.5, 0.6) is 0 Å². The molecule has 0 N–H and O–H groups in total. The zero-order valence-corrected chi connectivity index (χ0v) is 17.6. The number of rotatable bonds is 5. The molecule has 2 aromatic carbocycles. The lowest BCUT2D eigenvalue weighted by atomic mass is 10.1. The van der Waals surface area contributed by atoms with E-state index in [4.69, 9.17) is 4.74 Å². The van der Waals surface area contributed by atoms with Gasteiger partial charge in [-0.1, -0.05) is 18.2 Å². The maximum Gasteiger partial charge on any atom is 0.274 e. The van der Waals surface area contributed by atoms with Gasteiger partial charge in [0.05, 0.1) is 23.8 Å². The van der Waals surface area contributed by atoms with Crippen LogP contribution in [0.15, 0.2) is 47.6 Å². The highest BCUT2D eigenvalue weighted by Crippen LogP contribution is 2.28. The average Bonchev–Trinajstić information content (AvgIpc) is 3.12. The number of aryl methyl sites for hydroxylation is 1. The molecule has 0 spiro atoms. The van der Waals surface area contributed by atoms with Crippen LogP contribution in [0.3, 0.4) is 0 Å². The van der Waals surface area contributed by atoms with Crippen molar-refractivity contribution in [3.05, 3.63) is 69.4 Å². The second-order valence-corrected chi connectivity index (χ2v) is 7.64. The topological polar surface area (TPSA) is 90.0 Å². The van der Waals surface area contributed by atoms with Crippen LogP contribution in [0.25, 0.3) is 10.9 Å². The summed E-state index contributed by atoms with van der Waals surface area (Å²) in [6, 6.07) is 11.1. The smallest absolute Gasteiger partial charge is 0.274 e. The predicted molar refractivity (Wildman–Crippen MR) is 119 cm³/mol. The monoisotopic (exact) mass is 420 g/mol. The van der Waals surface area contributed by atoms with Gasteiger partial charge in [0.1, 0.15) is 6.54 Å². The largest absolute Gasteiger partial charge is 0.378 e. The van der Waals surface area contributed by atoms with Crippen molar-refractivity contribution < 1.29 is 14.5 Å². The van der Waals surface area contributed by atoms with Crippen LogP contribution in [0, 0.1) is 24.0 Å². The van der Waals surface area contributed by atoms with E-state index in [1.807, 2.05) is 52.9 Å². The number of hydrogen-bond acceptors (Lipinski definition) is 5. The van der Waals surface area contributed by atoms with Gasteiger partial charge in [0.15, 0.2) is 0 Å². The zero-order chi connectivity index (χ0) is 22.0. The van der Waals surface area contributed by atoms with Gasteiger partial charge in [0, 0.05) is 53.6 Å². The van der Waals surface area contributed by atoms with E-state index in [2.05, 4.69) is 4.99 Å². The number of nitrogens with zero attached hydrogens (tertiary/aromatic N) is 4. The summed E-state index contributed by atoms with van der Waals surface area (Å²) in [5.74, 6) is 0.0531. The molecule has 2 heterocycles. The molecule has 0 radical (unpaired) electrons. The highest BCUT2D eigenvalue weighted by molar-refractivity contribution is 6.00. The highest BCUT2D eigenvalue weighted by Gasteiger charge is 2.18. The van der Waals surface area contributed by atoms with E-state index in [9.17, 15) is 14.9 Å². The standard InChI is InChI=1S/C23H24N4O4/c1-16-11-19(12-22(17(16)2)27(29)30)24-13-18-14-26(21-6-4-3-5-20(18)21)15-23(28)25-7-9-31-10-8-25/h3-6,11-14H,7-10,15H2,1-2H3. The fraction of sp³-hybridized carbons (Fsp3) is 0.304. The Balaban J connectivity index is 1.64. The second-order valence-electron chi connectivity index (χ2n) is 7.64. The van der Waals surface area contributed by atoms with Crippen LogP contribution >= 0.6 is 0 Å². The fourth-order valence-electron chi connectivity index (χ4n) is 3.80. The van der Waals surface area contributed by atoms with Gasteiger partial charge >= 0.3 is 0 Å². The van der Waals surface area contributed by atoms with Crippen molar-refractivity contribution >= 4 is 34.4 Å². The Morgan fingerprint density at radius 2 is 1.97 bits per heavy atom. The lowest BCUT2D eigenvalue weighted by Crippen LogP contribution is -2.42. The first-order valence-corrected chi connectivity index (χ1v) is 10.2. The van der Waals surface area contributed by atoms with Gasteiger partial charge in [-0.15, -0.1) is 0 Å². The molecule has 3 aromatic rings. The number of hydrogen-bond donors (Lipinski definition) is 0. The number of carbonyl (C=O) groups is 1. The number of nitro benzene ring substituents is 1. The SMILES string of the molecule is Cc1cc(N=Cc2cn(CC(=O)N3CCOCC3)c3ccccc23)cc([N+](=O)[O-])c1C. The summed E-state index contributed by atoms with van der Waals surface area (Å²) in [5, 5.41) is 12.3. The number of para-hydroxylation sites is 1. The number of fused-ring (bicyclic) bond motifs is 1. The molecule has 0 aliphatic carbocycles. The molecular formula is C23H24N4O4. The van der Waals surface area contributed by atoms with Crippen molar-refractivity contribution in [2.24, 2.45) is 4.99 Å². The number of amides is 1. The lowest BCUT2D eigenvalue weighted by molar-refractivity contribution is -0.385. The first kappa shape index (κ1) is 20.7. The van der Waals surface area contributed by atoms with Crippen molar-refractivity contribution in [1.82, 2.24) is 9.47 Å². The van der Waals surface area contributed by atoms with Gasteiger partial charge in [-0.05, 0) is 31.5 Å². The number of aromatic nitrogens is 1. The van der Waals surface area contributed by atoms with E-state index >= 15 is 0 Å². The Labute approximate surface area is 179 Å². The maximum atomic E-state index is 12.7. The number of aliphatic imine (C=N–C) groups is 1. The van der Waals surface area contributed by atoms with Crippen LogP contribution < -0.4 is 0 Å². The van der Waals surface area contributed by atoms with Gasteiger partial charge < -0.3 is 14.2 Å². The molecule has 160 valence electrons. The summed E-state index contributed by atoms with van der Waals surface area (Å²) < 4.78 is 7.25. The van der Waals surface area contributed by atoms with Crippen molar-refractivity contribution in [2.45, 2.75) is 20.4 Å². The Morgan fingerprint density at radius 1 is 1.23 bits per heavy atom. The number of ether oxygens (including phenoxy) is 1. The molecule has 1 aromatic heterocycles. The summed E-state index contributed by atoms with van der Waals surface area (Å²) in [7, 11) is 0. The zero-order valence-electron chi connectivity index (χ0n) is 17.6. The number of morpholine rings is 1. The summed E-state index contributed by atoms with van der Waals surface area (Å²) >= 11 is 0. The van der Waals surface area contributed by atoms with E-state index < -0.39 is 0 Å². The minimum absolute atomic E-state index is 0.0531. The minimum Gasteiger partial charge on any atom is -0.378 e. The normalized spacial score (nSPS) is 14.5. The Hall–Kier alpha value is -3.52. The van der Waals surface area contributed by atoms with Gasteiger partial charge in [-0.3, -0.25) is 19.9 Å². The van der Waals surface area contributed by atoms with E-state index in [1.165, 1.54) is 6.07 Å².